The number of hydrogen-bond acceptors (Lipinski definition) is 4. The van der Waals surface area contributed by atoms with Crippen LogP contribution in [-0.4, -0.2) is 12.1 Å². The summed E-state index contributed by atoms with van der Waals surface area (Å²) >= 11 is 0. The van der Waals surface area contributed by atoms with E-state index in [1.54, 1.807) is 13.3 Å². The van der Waals surface area contributed by atoms with Gasteiger partial charge in [0.2, 0.25) is 0 Å². The monoisotopic (exact) mass is 275 g/mol. The first kappa shape index (κ1) is 12.9. The molecule has 0 amide bonds. The molecular weight excluding hydrogens is 262 g/mol. The second-order valence-electron chi connectivity index (χ2n) is 4.53. The normalized spacial score (nSPS) is 10.1. The van der Waals surface area contributed by atoms with E-state index in [2.05, 4.69) is 16.4 Å². The lowest BCUT2D eigenvalue weighted by atomic mass is 10.1. The maximum absolute atomic E-state index is 9.30. The molecule has 0 aliphatic heterocycles. The molecular formula is C17H13N3O. The summed E-state index contributed by atoms with van der Waals surface area (Å²) in [5.41, 5.74) is 2.98. The Morgan fingerprint density at radius 2 is 1.95 bits per heavy atom. The van der Waals surface area contributed by atoms with E-state index >= 15 is 0 Å². The van der Waals surface area contributed by atoms with Gasteiger partial charge in [-0.1, -0.05) is 18.2 Å². The van der Waals surface area contributed by atoms with Crippen molar-refractivity contribution >= 4 is 22.3 Å². The highest BCUT2D eigenvalue weighted by atomic mass is 16.5. The van der Waals surface area contributed by atoms with Gasteiger partial charge in [0.1, 0.15) is 11.8 Å². The fourth-order valence-corrected chi connectivity index (χ4v) is 2.19. The molecule has 0 saturated carbocycles. The molecule has 3 aromatic rings. The van der Waals surface area contributed by atoms with Crippen molar-refractivity contribution < 1.29 is 4.74 Å². The van der Waals surface area contributed by atoms with Gasteiger partial charge in [0, 0.05) is 23.3 Å². The van der Waals surface area contributed by atoms with Crippen molar-refractivity contribution in [3.63, 3.8) is 0 Å². The lowest BCUT2D eigenvalue weighted by Gasteiger charge is -2.12. The van der Waals surface area contributed by atoms with Crippen LogP contribution in [0.25, 0.3) is 10.9 Å². The molecule has 1 heterocycles. The minimum Gasteiger partial charge on any atom is -0.497 e. The average molecular weight is 275 g/mol. The zero-order valence-corrected chi connectivity index (χ0v) is 11.5. The Balaban J connectivity index is 2.16. The van der Waals surface area contributed by atoms with Crippen molar-refractivity contribution in [2.24, 2.45) is 0 Å². The maximum Gasteiger partial charge on any atom is 0.121 e. The summed E-state index contributed by atoms with van der Waals surface area (Å²) < 4.78 is 5.21. The lowest BCUT2D eigenvalue weighted by molar-refractivity contribution is 0.415. The lowest BCUT2D eigenvalue weighted by Crippen LogP contribution is -1.97. The van der Waals surface area contributed by atoms with Gasteiger partial charge in [0.05, 0.1) is 23.9 Å². The minimum absolute atomic E-state index is 0.511. The molecule has 0 spiro atoms. The highest BCUT2D eigenvalue weighted by Gasteiger charge is 2.10. The standard InChI is InChI=1S/C17H13N3O/c1-21-14-7-8-15-16(9-14)19-11-12(10-18)17(15)20-13-5-3-2-4-6-13/h2-9,11H,1H3,(H,19,20). The molecule has 21 heavy (non-hydrogen) atoms. The van der Waals surface area contributed by atoms with Gasteiger partial charge in [-0.25, -0.2) is 0 Å². The van der Waals surface area contributed by atoms with Crippen LogP contribution in [0.5, 0.6) is 5.75 Å². The SMILES string of the molecule is COc1ccc2c(Nc3ccccc3)c(C#N)cnc2c1. The summed E-state index contributed by atoms with van der Waals surface area (Å²) in [6.45, 7) is 0. The van der Waals surface area contributed by atoms with Gasteiger partial charge >= 0.3 is 0 Å². The number of methoxy groups -OCH3 is 1. The fraction of sp³-hybridized carbons (Fsp3) is 0.0588. The van der Waals surface area contributed by atoms with E-state index in [9.17, 15) is 5.26 Å². The van der Waals surface area contributed by atoms with E-state index in [-0.39, 0.29) is 0 Å². The van der Waals surface area contributed by atoms with Crippen LogP contribution in [0, 0.1) is 11.3 Å². The van der Waals surface area contributed by atoms with Crippen LogP contribution in [0.4, 0.5) is 11.4 Å². The average Bonchev–Trinajstić information content (AvgIpc) is 2.55. The second kappa shape index (κ2) is 5.51. The van der Waals surface area contributed by atoms with Crippen LogP contribution < -0.4 is 10.1 Å². The highest BCUT2D eigenvalue weighted by molar-refractivity contribution is 5.96. The summed E-state index contributed by atoms with van der Waals surface area (Å²) in [4.78, 5) is 4.32. The molecule has 1 aromatic heterocycles. The van der Waals surface area contributed by atoms with Crippen molar-refractivity contribution in [2.45, 2.75) is 0 Å². The fourth-order valence-electron chi connectivity index (χ4n) is 2.19. The number of hydrogen-bond donors (Lipinski definition) is 1. The van der Waals surface area contributed by atoms with Crippen LogP contribution in [0.15, 0.2) is 54.7 Å². The summed E-state index contributed by atoms with van der Waals surface area (Å²) in [5, 5.41) is 13.5. The maximum atomic E-state index is 9.30. The van der Waals surface area contributed by atoms with Gasteiger partial charge < -0.3 is 10.1 Å². The number of anilines is 2. The van der Waals surface area contributed by atoms with Crippen molar-refractivity contribution in [2.75, 3.05) is 12.4 Å². The molecule has 0 bridgehead atoms. The predicted molar refractivity (Wildman–Crippen MR) is 82.7 cm³/mol. The van der Waals surface area contributed by atoms with Crippen molar-refractivity contribution in [3.8, 4) is 11.8 Å². The van der Waals surface area contributed by atoms with Crippen molar-refractivity contribution in [1.82, 2.24) is 4.98 Å². The molecule has 3 rings (SSSR count). The second-order valence-corrected chi connectivity index (χ2v) is 4.53. The molecule has 4 nitrogen and oxygen atoms in total. The number of nitrogens with one attached hydrogen (secondary N) is 1. The van der Waals surface area contributed by atoms with Gasteiger partial charge in [-0.15, -0.1) is 0 Å². The smallest absolute Gasteiger partial charge is 0.121 e. The van der Waals surface area contributed by atoms with E-state index in [0.717, 1.165) is 28.0 Å². The number of benzene rings is 2. The molecule has 0 aliphatic carbocycles. The first-order valence-corrected chi connectivity index (χ1v) is 6.51. The van der Waals surface area contributed by atoms with Gasteiger partial charge in [-0.2, -0.15) is 5.26 Å². The number of pyridine rings is 1. The zero-order chi connectivity index (χ0) is 14.7. The van der Waals surface area contributed by atoms with Crippen LogP contribution in [0.1, 0.15) is 5.56 Å². The number of aromatic nitrogens is 1. The Morgan fingerprint density at radius 3 is 2.67 bits per heavy atom. The first-order valence-electron chi connectivity index (χ1n) is 6.51. The molecule has 2 aromatic carbocycles. The van der Waals surface area contributed by atoms with E-state index in [1.165, 1.54) is 0 Å². The molecule has 102 valence electrons. The molecule has 0 unspecified atom stereocenters. The van der Waals surface area contributed by atoms with Gasteiger partial charge in [-0.05, 0) is 24.3 Å². The summed E-state index contributed by atoms with van der Waals surface area (Å²) in [6, 6.07) is 17.6. The molecule has 0 saturated heterocycles. The van der Waals surface area contributed by atoms with E-state index < -0.39 is 0 Å². The Bertz CT molecular complexity index is 823. The zero-order valence-electron chi connectivity index (χ0n) is 11.5. The number of nitrogens with zero attached hydrogens (tertiary/aromatic N) is 2. The van der Waals surface area contributed by atoms with E-state index in [1.807, 2.05) is 48.5 Å². The molecule has 0 fully saturated rings. The molecule has 1 N–H and O–H groups in total. The Kier molecular flexibility index (Phi) is 3.40. The number of para-hydroxylation sites is 1. The Labute approximate surface area is 122 Å². The minimum atomic E-state index is 0.511. The predicted octanol–water partition coefficient (Wildman–Crippen LogP) is 3.86. The molecule has 0 atom stereocenters. The summed E-state index contributed by atoms with van der Waals surface area (Å²) in [6.07, 6.45) is 1.58. The summed E-state index contributed by atoms with van der Waals surface area (Å²) in [7, 11) is 1.62. The van der Waals surface area contributed by atoms with Crippen molar-refractivity contribution in [3.05, 3.63) is 60.3 Å². The third kappa shape index (κ3) is 2.49. The molecule has 0 radical (unpaired) electrons. The highest BCUT2D eigenvalue weighted by Crippen LogP contribution is 2.30. The Morgan fingerprint density at radius 1 is 1.14 bits per heavy atom. The van der Waals surface area contributed by atoms with E-state index in [4.69, 9.17) is 4.74 Å². The summed E-state index contributed by atoms with van der Waals surface area (Å²) in [5.74, 6) is 0.741. The van der Waals surface area contributed by atoms with Gasteiger partial charge in [0.15, 0.2) is 0 Å². The Hall–Kier alpha value is -3.06. The molecule has 0 aliphatic rings. The molecule has 4 heteroatoms. The van der Waals surface area contributed by atoms with Crippen LogP contribution in [-0.2, 0) is 0 Å². The van der Waals surface area contributed by atoms with Gasteiger partial charge in [0.25, 0.3) is 0 Å². The van der Waals surface area contributed by atoms with Crippen LogP contribution >= 0.6 is 0 Å². The number of rotatable bonds is 3. The van der Waals surface area contributed by atoms with Crippen molar-refractivity contribution in [1.29, 1.82) is 5.26 Å². The van der Waals surface area contributed by atoms with Crippen LogP contribution in [0.3, 0.4) is 0 Å². The number of ether oxygens (including phenoxy) is 1. The largest absolute Gasteiger partial charge is 0.497 e. The topological polar surface area (TPSA) is 57.9 Å². The first-order chi connectivity index (χ1) is 10.3. The third-order valence-corrected chi connectivity index (χ3v) is 3.24. The number of nitriles is 1. The van der Waals surface area contributed by atoms with E-state index in [0.29, 0.717) is 5.56 Å². The third-order valence-electron chi connectivity index (χ3n) is 3.24. The van der Waals surface area contributed by atoms with Crippen LogP contribution in [0.2, 0.25) is 0 Å². The van der Waals surface area contributed by atoms with Gasteiger partial charge in [-0.3, -0.25) is 4.98 Å². The quantitative estimate of drug-likeness (QED) is 0.788. The number of fused-ring (bicyclic) bond motifs is 1.